The number of anilines is 1. The number of rotatable bonds is 27. The summed E-state index contributed by atoms with van der Waals surface area (Å²) in [7, 11) is -2.84. The molecule has 3 heterocycles. The number of thiocarbonyl (C=S) groups is 1. The Labute approximate surface area is 595 Å². The number of aromatic carboxylic acids is 1. The molecule has 1 aliphatic carbocycles. The molecule has 1 amide bonds. The third-order valence-corrected chi connectivity index (χ3v) is 18.0. The van der Waals surface area contributed by atoms with E-state index in [0.717, 1.165) is 48.3 Å². The van der Waals surface area contributed by atoms with Gasteiger partial charge in [-0.05, 0) is 162 Å². The number of unbranched alkanes of at least 4 members (excludes halogenated alkanes) is 2. The molecule has 0 bridgehead atoms. The Hall–Kier alpha value is -10.4. The van der Waals surface area contributed by atoms with E-state index in [1.807, 2.05) is 26.0 Å². The van der Waals surface area contributed by atoms with Crippen molar-refractivity contribution >= 4 is 91.4 Å². The number of esters is 3. The summed E-state index contributed by atoms with van der Waals surface area (Å²) >= 11 is 4.81. The molecule has 0 atom stereocenters. The number of amides is 1. The van der Waals surface area contributed by atoms with Gasteiger partial charge >= 0.3 is 23.9 Å². The van der Waals surface area contributed by atoms with E-state index in [1.54, 1.807) is 99.8 Å². The number of carboxylic acids is 1. The summed E-state index contributed by atoms with van der Waals surface area (Å²) < 4.78 is 64.5. The van der Waals surface area contributed by atoms with Crippen LogP contribution in [-0.2, 0) is 49.5 Å². The Morgan fingerprint density at radius 1 is 0.762 bits per heavy atom. The molecule has 5 aromatic carbocycles. The Balaban J connectivity index is 0.000000273. The van der Waals surface area contributed by atoms with Crippen LogP contribution in [0.3, 0.4) is 0 Å². The number of nitrogens with one attached hydrogen (secondary N) is 3. The molecule has 4 aliphatic rings. The number of benzene rings is 6. The SMILES string of the molecule is C=C(C)C(=O)OCCNC(=S)NC.C=C(C)C(=O)Oc1ccc2oc3cc(=O)ccc-3c(-c3ccccc3C(=O)O)c2c1.C=Cc1ccc(C(=O)OCCOCCNC(=O)CCCCC[N+]2=C(C=CC=CC=C3N(CC)c4ccc(S(=O)(=O)[O-])cc4C3(C)C)C(C)(C)c3cc(C)ccc32)cc1. The largest absolute Gasteiger partial charge is 0.744 e. The summed E-state index contributed by atoms with van der Waals surface area (Å²) in [5, 5.41) is 19.3. The quantitative estimate of drug-likeness (QED) is 0.00429. The third-order valence-electron chi connectivity index (χ3n) is 16.8. The summed E-state index contributed by atoms with van der Waals surface area (Å²) in [6.45, 7) is 30.1. The van der Waals surface area contributed by atoms with Gasteiger partial charge in [0.25, 0.3) is 0 Å². The Morgan fingerprint density at radius 3 is 2.17 bits per heavy atom. The second kappa shape index (κ2) is 35.6. The smallest absolute Gasteiger partial charge is 0.338 e. The fraction of sp³-hybridized carbons (Fsp3) is 0.291. The van der Waals surface area contributed by atoms with E-state index in [0.29, 0.717) is 82.3 Å². The number of carbonyl (C=O) groups is 5. The summed E-state index contributed by atoms with van der Waals surface area (Å²) in [5.74, 6) is -1.86. The number of nitrogens with zero attached hydrogens (tertiary/aromatic N) is 2. The van der Waals surface area contributed by atoms with E-state index in [2.05, 4.69) is 109 Å². The average Bonchev–Trinajstić information content (AvgIpc) is 1.74. The van der Waals surface area contributed by atoms with Crippen molar-refractivity contribution in [3.8, 4) is 28.2 Å². The van der Waals surface area contributed by atoms with Crippen LogP contribution in [0.5, 0.6) is 5.75 Å². The molecule has 3 aliphatic heterocycles. The monoisotopic (exact) mass is 1410 g/mol. The number of aryl methyl sites for hydroxylation is 1. The third kappa shape index (κ3) is 20.4. The fourth-order valence-corrected chi connectivity index (χ4v) is 12.2. The van der Waals surface area contributed by atoms with E-state index >= 15 is 0 Å². The first-order valence-electron chi connectivity index (χ1n) is 32.9. The molecule has 0 fully saturated rings. The lowest BCUT2D eigenvalue weighted by Crippen LogP contribution is -2.35. The van der Waals surface area contributed by atoms with E-state index in [1.165, 1.54) is 52.9 Å². The lowest BCUT2D eigenvalue weighted by atomic mass is 9.81. The van der Waals surface area contributed by atoms with Crippen molar-refractivity contribution < 1.29 is 70.0 Å². The van der Waals surface area contributed by atoms with Crippen LogP contribution in [-0.4, -0.2) is 123 Å². The van der Waals surface area contributed by atoms with Crippen molar-refractivity contribution in [1.82, 2.24) is 16.0 Å². The van der Waals surface area contributed by atoms with Crippen molar-refractivity contribution in [3.63, 3.8) is 0 Å². The summed E-state index contributed by atoms with van der Waals surface area (Å²) in [5.41, 5.74) is 10.9. The first kappa shape index (κ1) is 78.0. The van der Waals surface area contributed by atoms with Gasteiger partial charge in [-0.3, -0.25) is 9.59 Å². The standard InChI is InChI=1S/C47H57N3O7S.C24H16O6.C8H14N2O2S/c1-8-35-20-22-36(23-21-35)45(52)57-31-30-56-29-27-48-44(51)18-14-11-15-28-50-41-25-19-34(3)32-38(41)46(4,5)43(50)17-13-10-12-16-42-47(6,7)39-33-37(58(53,54)55)24-26-40(39)49(42)9-2;1-13(2)24(28)29-15-8-10-20-19(12-15)22(16-5-3-4-6-17(16)23(26)27)18-9-7-14(25)11-21(18)30-20;1-6(2)7(11)12-5-4-10-8(13)9-3/h8,10,12-13,16-17,19-26,32-33H,1,9,11,14-15,18,27-31H2,2-7H3,(H-,48,51,53,54,55);3-12H,1H2,2H3,(H,26,27);1,4-5H2,2-3H3,(H2,9,10,13). The first-order valence-corrected chi connectivity index (χ1v) is 34.8. The lowest BCUT2D eigenvalue weighted by Gasteiger charge is -2.25. The molecule has 0 saturated carbocycles. The fourth-order valence-electron chi connectivity index (χ4n) is 11.6. The van der Waals surface area contributed by atoms with Crippen molar-refractivity contribution in [3.05, 3.63) is 232 Å². The number of fused-ring (bicyclic) bond motifs is 4. The van der Waals surface area contributed by atoms with Crippen LogP contribution >= 0.6 is 12.2 Å². The zero-order chi connectivity index (χ0) is 73.8. The van der Waals surface area contributed by atoms with Crippen LogP contribution in [0.2, 0.25) is 0 Å². The van der Waals surface area contributed by atoms with Crippen LogP contribution in [0, 0.1) is 6.92 Å². The highest BCUT2D eigenvalue weighted by atomic mass is 32.2. The van der Waals surface area contributed by atoms with Gasteiger partial charge in [-0.15, -0.1) is 0 Å². The molecule has 0 unspecified atom stereocenters. The van der Waals surface area contributed by atoms with Gasteiger partial charge in [0.05, 0.1) is 41.2 Å². The molecule has 0 radical (unpaired) electrons. The molecule has 0 spiro atoms. The van der Waals surface area contributed by atoms with E-state index < -0.39 is 33.4 Å². The van der Waals surface area contributed by atoms with Gasteiger partial charge in [-0.25, -0.2) is 27.6 Å². The summed E-state index contributed by atoms with van der Waals surface area (Å²) in [6, 6.07) is 34.0. The maximum Gasteiger partial charge on any atom is 0.338 e. The molecular weight excluding hydrogens is 1320 g/mol. The second-order valence-corrected chi connectivity index (χ2v) is 26.7. The van der Waals surface area contributed by atoms with Gasteiger partial charge in [-0.2, -0.15) is 4.58 Å². The predicted molar refractivity (Wildman–Crippen MR) is 397 cm³/mol. The lowest BCUT2D eigenvalue weighted by molar-refractivity contribution is -0.438. The van der Waals surface area contributed by atoms with Gasteiger partial charge in [-0.1, -0.05) is 99.9 Å². The van der Waals surface area contributed by atoms with Crippen molar-refractivity contribution in [1.29, 1.82) is 0 Å². The van der Waals surface area contributed by atoms with Crippen LogP contribution in [0.15, 0.2) is 202 Å². The molecular formula is C79H87N5O15S2. The molecule has 4 N–H and O–H groups in total. The molecule has 20 nitrogen and oxygen atoms in total. The van der Waals surface area contributed by atoms with Crippen molar-refractivity contribution in [2.45, 2.75) is 96.8 Å². The number of allylic oxidation sites excluding steroid dienone is 6. The molecule has 5 aromatic rings. The maximum absolute atomic E-state index is 12.5. The maximum atomic E-state index is 12.5. The number of likely N-dealkylation sites (N-methyl/N-ethyl adjacent to an activating group) is 1. The Kier molecular flexibility index (Phi) is 27.5. The van der Waals surface area contributed by atoms with Gasteiger partial charge in [0.1, 0.15) is 47.0 Å². The number of hydrogen-bond acceptors (Lipinski definition) is 16. The van der Waals surface area contributed by atoms with Crippen molar-refractivity contribution in [2.24, 2.45) is 0 Å². The zero-order valence-corrected chi connectivity index (χ0v) is 60.1. The first-order chi connectivity index (χ1) is 48.0. The molecule has 0 saturated heterocycles. The topological polar surface area (TPSA) is 272 Å². The van der Waals surface area contributed by atoms with Gasteiger partial charge < -0.3 is 53.9 Å². The summed E-state index contributed by atoms with van der Waals surface area (Å²) in [6.07, 6.45) is 15.1. The molecule has 22 heteroatoms. The number of hydrogen-bond donors (Lipinski definition) is 4. The van der Waals surface area contributed by atoms with Crippen LogP contribution in [0.25, 0.3) is 39.5 Å². The highest BCUT2D eigenvalue weighted by Crippen LogP contribution is 2.49. The van der Waals surface area contributed by atoms with Gasteiger partial charge in [0.15, 0.2) is 16.3 Å². The minimum atomic E-state index is -4.56. The summed E-state index contributed by atoms with van der Waals surface area (Å²) in [4.78, 5) is 73.1. The minimum Gasteiger partial charge on any atom is -0.744 e. The van der Waals surface area contributed by atoms with Crippen LogP contribution < -0.4 is 31.0 Å². The molecule has 530 valence electrons. The normalized spacial score (nSPS) is 13.7. The zero-order valence-electron chi connectivity index (χ0n) is 58.5. The van der Waals surface area contributed by atoms with Gasteiger partial charge in [0, 0.05) is 101 Å². The number of carbonyl (C=O) groups excluding carboxylic acids is 4. The Bertz CT molecular complexity index is 4560. The highest BCUT2D eigenvalue weighted by Gasteiger charge is 2.44. The minimum absolute atomic E-state index is 0.00912. The number of carboxylic acid groups (broad SMARTS) is 1. The van der Waals surface area contributed by atoms with E-state index in [-0.39, 0.29) is 64.3 Å². The van der Waals surface area contributed by atoms with E-state index in [9.17, 15) is 46.8 Å². The van der Waals surface area contributed by atoms with Crippen molar-refractivity contribution in [2.75, 3.05) is 64.6 Å². The van der Waals surface area contributed by atoms with Crippen LogP contribution in [0.4, 0.5) is 11.4 Å². The molecule has 9 rings (SSSR count). The molecule has 101 heavy (non-hydrogen) atoms. The molecule has 0 aromatic heterocycles. The van der Waals surface area contributed by atoms with E-state index in [4.69, 9.17) is 35.6 Å². The predicted octanol–water partition coefficient (Wildman–Crippen LogP) is 13.2. The second-order valence-electron chi connectivity index (χ2n) is 25.0. The van der Waals surface area contributed by atoms with Gasteiger partial charge in [0.2, 0.25) is 11.6 Å². The van der Waals surface area contributed by atoms with Crippen LogP contribution in [0.1, 0.15) is 117 Å². The Morgan fingerprint density at radius 2 is 1.49 bits per heavy atom. The highest BCUT2D eigenvalue weighted by molar-refractivity contribution is 7.85. The number of ether oxygens (including phenoxy) is 4. The average molecular weight is 1410 g/mol.